The van der Waals surface area contributed by atoms with Gasteiger partial charge in [-0.25, -0.2) is 8.78 Å². The first-order valence-electron chi connectivity index (χ1n) is 9.64. The van der Waals surface area contributed by atoms with Crippen LogP contribution in [-0.4, -0.2) is 60.9 Å². The lowest BCUT2D eigenvalue weighted by Crippen LogP contribution is -2.49. The molecule has 9 heteroatoms. The summed E-state index contributed by atoms with van der Waals surface area (Å²) < 4.78 is 27.6. The van der Waals surface area contributed by atoms with Crippen LogP contribution in [0.25, 0.3) is 0 Å². The molecule has 3 rings (SSSR count). The van der Waals surface area contributed by atoms with Crippen LogP contribution in [0.3, 0.4) is 0 Å². The highest BCUT2D eigenvalue weighted by Crippen LogP contribution is 2.19. The molecule has 2 amide bonds. The van der Waals surface area contributed by atoms with E-state index >= 15 is 0 Å². The number of carbonyl (C=O) groups excluding carboxylic acids is 2. The van der Waals surface area contributed by atoms with Crippen molar-refractivity contribution in [3.05, 3.63) is 58.6 Å². The monoisotopic (exact) mass is 480 g/mol. The van der Waals surface area contributed by atoms with Gasteiger partial charge >= 0.3 is 0 Å². The molecule has 0 aromatic heterocycles. The van der Waals surface area contributed by atoms with Crippen molar-refractivity contribution in [2.75, 3.05) is 49.9 Å². The van der Waals surface area contributed by atoms with Crippen molar-refractivity contribution < 1.29 is 18.4 Å². The van der Waals surface area contributed by atoms with E-state index in [-0.39, 0.29) is 30.5 Å². The summed E-state index contributed by atoms with van der Waals surface area (Å²) in [6, 6.07) is 10.3. The highest BCUT2D eigenvalue weighted by molar-refractivity contribution is 9.10. The smallest absolute Gasteiger partial charge is 0.238 e. The number of anilines is 2. The summed E-state index contributed by atoms with van der Waals surface area (Å²) in [5, 5.41) is 5.28. The van der Waals surface area contributed by atoms with E-state index in [0.717, 1.165) is 13.1 Å². The number of amides is 2. The van der Waals surface area contributed by atoms with Gasteiger partial charge in [-0.2, -0.15) is 0 Å². The largest absolute Gasteiger partial charge is 0.325 e. The molecule has 1 fully saturated rings. The Morgan fingerprint density at radius 3 is 2.37 bits per heavy atom. The second kappa shape index (κ2) is 10.6. The van der Waals surface area contributed by atoms with Crippen molar-refractivity contribution in [1.82, 2.24) is 9.80 Å². The second-order valence-electron chi connectivity index (χ2n) is 7.10. The maximum absolute atomic E-state index is 13.8. The first-order chi connectivity index (χ1) is 14.4. The number of piperazine rings is 1. The van der Waals surface area contributed by atoms with Crippen LogP contribution in [0.2, 0.25) is 0 Å². The van der Waals surface area contributed by atoms with E-state index in [4.69, 9.17) is 0 Å². The molecule has 6 nitrogen and oxygen atoms in total. The van der Waals surface area contributed by atoms with Crippen LogP contribution in [0.1, 0.15) is 6.42 Å². The first-order valence-corrected chi connectivity index (χ1v) is 10.4. The standard InChI is InChI=1S/C21H23BrF2N4O2/c22-15-4-5-19(18(24)12-15)26-20(29)6-7-27-8-10-28(11-9-27)14-21(30)25-17-3-1-2-16(23)13-17/h1-5,12-13H,6-11,14H2,(H,25,30)(H,26,29). The Balaban J connectivity index is 1.36. The molecule has 30 heavy (non-hydrogen) atoms. The predicted octanol–water partition coefficient (Wildman–Crippen LogP) is 3.31. The van der Waals surface area contributed by atoms with Crippen LogP contribution in [0.5, 0.6) is 0 Å². The number of halogens is 3. The van der Waals surface area contributed by atoms with E-state index in [1.165, 1.54) is 24.3 Å². The Kier molecular flexibility index (Phi) is 7.89. The zero-order valence-electron chi connectivity index (χ0n) is 16.3. The van der Waals surface area contributed by atoms with Crippen LogP contribution < -0.4 is 10.6 Å². The predicted molar refractivity (Wildman–Crippen MR) is 115 cm³/mol. The molecule has 0 spiro atoms. The van der Waals surface area contributed by atoms with Crippen molar-refractivity contribution >= 4 is 39.1 Å². The molecule has 1 saturated heterocycles. The molecule has 0 atom stereocenters. The number of rotatable bonds is 7. The van der Waals surface area contributed by atoms with E-state index < -0.39 is 11.6 Å². The summed E-state index contributed by atoms with van der Waals surface area (Å²) in [5.41, 5.74) is 0.601. The molecule has 2 aromatic carbocycles. The van der Waals surface area contributed by atoms with Gasteiger partial charge in [-0.15, -0.1) is 0 Å². The molecular formula is C21H23BrF2N4O2. The zero-order valence-corrected chi connectivity index (χ0v) is 17.9. The quantitative estimate of drug-likeness (QED) is 0.637. The molecule has 2 aromatic rings. The first kappa shape index (κ1) is 22.3. The lowest BCUT2D eigenvalue weighted by atomic mass is 10.2. The molecule has 0 radical (unpaired) electrons. The van der Waals surface area contributed by atoms with Gasteiger partial charge in [-0.1, -0.05) is 22.0 Å². The number of nitrogens with one attached hydrogen (secondary N) is 2. The van der Waals surface area contributed by atoms with E-state index in [1.807, 2.05) is 4.90 Å². The summed E-state index contributed by atoms with van der Waals surface area (Å²) in [6.45, 7) is 3.64. The number of hydrogen-bond acceptors (Lipinski definition) is 4. The molecule has 0 saturated carbocycles. The number of nitrogens with zero attached hydrogens (tertiary/aromatic N) is 2. The van der Waals surface area contributed by atoms with E-state index in [0.29, 0.717) is 29.8 Å². The van der Waals surface area contributed by atoms with Crippen molar-refractivity contribution in [2.24, 2.45) is 0 Å². The molecule has 1 aliphatic heterocycles. The Bertz CT molecular complexity index is 904. The molecule has 1 aliphatic rings. The topological polar surface area (TPSA) is 64.7 Å². The van der Waals surface area contributed by atoms with Gasteiger partial charge in [0.05, 0.1) is 12.2 Å². The molecule has 0 aliphatic carbocycles. The van der Waals surface area contributed by atoms with Gasteiger partial charge in [0.2, 0.25) is 11.8 Å². The zero-order chi connectivity index (χ0) is 21.5. The van der Waals surface area contributed by atoms with Crippen LogP contribution in [0.4, 0.5) is 20.2 Å². The maximum atomic E-state index is 13.8. The summed E-state index contributed by atoms with van der Waals surface area (Å²) in [4.78, 5) is 28.4. The van der Waals surface area contributed by atoms with Crippen molar-refractivity contribution in [1.29, 1.82) is 0 Å². The van der Waals surface area contributed by atoms with Crippen molar-refractivity contribution in [3.8, 4) is 0 Å². The maximum Gasteiger partial charge on any atom is 0.238 e. The Labute approximate surface area is 182 Å². The summed E-state index contributed by atoms with van der Waals surface area (Å²) in [5.74, 6) is -1.31. The lowest BCUT2D eigenvalue weighted by molar-refractivity contribution is -0.117. The summed E-state index contributed by atoms with van der Waals surface area (Å²) in [6.07, 6.45) is 0.259. The minimum absolute atomic E-state index is 0.164. The highest BCUT2D eigenvalue weighted by Gasteiger charge is 2.19. The molecular weight excluding hydrogens is 458 g/mol. The van der Waals surface area contributed by atoms with Crippen molar-refractivity contribution in [3.63, 3.8) is 0 Å². The summed E-state index contributed by atoms with van der Waals surface area (Å²) in [7, 11) is 0. The van der Waals surface area contributed by atoms with E-state index in [2.05, 4.69) is 31.5 Å². The third kappa shape index (κ3) is 6.86. The van der Waals surface area contributed by atoms with Crippen LogP contribution in [0, 0.1) is 11.6 Å². The minimum Gasteiger partial charge on any atom is -0.325 e. The van der Waals surface area contributed by atoms with E-state index in [1.54, 1.807) is 18.2 Å². The average Bonchev–Trinajstić information content (AvgIpc) is 2.69. The van der Waals surface area contributed by atoms with Crippen molar-refractivity contribution in [2.45, 2.75) is 6.42 Å². The molecule has 1 heterocycles. The van der Waals surface area contributed by atoms with Gasteiger partial charge in [0, 0.05) is 49.3 Å². The fourth-order valence-electron chi connectivity index (χ4n) is 3.20. The molecule has 160 valence electrons. The van der Waals surface area contributed by atoms with Gasteiger partial charge in [0.1, 0.15) is 11.6 Å². The van der Waals surface area contributed by atoms with Gasteiger partial charge in [0.15, 0.2) is 0 Å². The average molecular weight is 481 g/mol. The Morgan fingerprint density at radius 1 is 0.933 bits per heavy atom. The minimum atomic E-state index is -0.483. The third-order valence-electron chi connectivity index (χ3n) is 4.80. The van der Waals surface area contributed by atoms with Crippen LogP contribution in [0.15, 0.2) is 46.9 Å². The van der Waals surface area contributed by atoms with E-state index in [9.17, 15) is 18.4 Å². The Hall–Kier alpha value is -2.36. The molecule has 2 N–H and O–H groups in total. The molecule has 0 bridgehead atoms. The van der Waals surface area contributed by atoms with Crippen LogP contribution in [-0.2, 0) is 9.59 Å². The van der Waals surface area contributed by atoms with Crippen LogP contribution >= 0.6 is 15.9 Å². The second-order valence-corrected chi connectivity index (χ2v) is 8.01. The fourth-order valence-corrected chi connectivity index (χ4v) is 3.54. The Morgan fingerprint density at radius 2 is 1.67 bits per heavy atom. The molecule has 0 unspecified atom stereocenters. The van der Waals surface area contributed by atoms with Gasteiger partial charge < -0.3 is 15.5 Å². The SMILES string of the molecule is O=C(CN1CCN(CCC(=O)Nc2ccc(Br)cc2F)CC1)Nc1cccc(F)c1. The van der Waals surface area contributed by atoms with Gasteiger partial charge in [-0.3, -0.25) is 14.5 Å². The number of carbonyl (C=O) groups is 2. The summed E-state index contributed by atoms with van der Waals surface area (Å²) >= 11 is 3.18. The fraction of sp³-hybridized carbons (Fsp3) is 0.333. The van der Waals surface area contributed by atoms with Gasteiger partial charge in [-0.05, 0) is 36.4 Å². The highest BCUT2D eigenvalue weighted by atomic mass is 79.9. The number of hydrogen-bond donors (Lipinski definition) is 2. The normalized spacial score (nSPS) is 15.0. The number of benzene rings is 2. The van der Waals surface area contributed by atoms with Gasteiger partial charge in [0.25, 0.3) is 0 Å². The third-order valence-corrected chi connectivity index (χ3v) is 5.29. The lowest BCUT2D eigenvalue weighted by Gasteiger charge is -2.34.